The molecule has 7 nitrogen and oxygen atoms in total. The van der Waals surface area contributed by atoms with Crippen molar-refractivity contribution in [2.24, 2.45) is 0 Å². The Labute approximate surface area is 196 Å². The van der Waals surface area contributed by atoms with Gasteiger partial charge in [0, 0.05) is 30.1 Å². The van der Waals surface area contributed by atoms with Gasteiger partial charge in [0.05, 0.1) is 13.7 Å². The average Bonchev–Trinajstić information content (AvgIpc) is 2.84. The van der Waals surface area contributed by atoms with E-state index in [1.807, 2.05) is 19.1 Å². The van der Waals surface area contributed by atoms with Crippen LogP contribution in [-0.4, -0.2) is 37.8 Å². The highest BCUT2D eigenvalue weighted by Gasteiger charge is 2.13. The van der Waals surface area contributed by atoms with Gasteiger partial charge in [-0.1, -0.05) is 12.1 Å². The zero-order valence-corrected chi connectivity index (χ0v) is 18.9. The Morgan fingerprint density at radius 2 is 1.82 bits per heavy atom. The molecule has 0 radical (unpaired) electrons. The number of aromatic nitrogens is 1. The Kier molecular flexibility index (Phi) is 9.02. The van der Waals surface area contributed by atoms with Crippen molar-refractivity contribution in [1.29, 1.82) is 0 Å². The molecular weight excluding hydrogens is 446 g/mol. The van der Waals surface area contributed by atoms with Gasteiger partial charge in [0.15, 0.2) is 23.0 Å². The molecule has 0 fully saturated rings. The molecule has 0 unspecified atom stereocenters. The normalized spacial score (nSPS) is 10.6. The number of nitrogens with zero attached hydrogens (tertiary/aromatic N) is 1. The highest BCUT2D eigenvalue weighted by molar-refractivity contribution is 5.94. The molecule has 3 rings (SSSR count). The number of ether oxygens (including phenoxy) is 4. The van der Waals surface area contributed by atoms with Gasteiger partial charge in [-0.15, -0.1) is 0 Å². The molecule has 0 bridgehead atoms. The second kappa shape index (κ2) is 12.4. The van der Waals surface area contributed by atoms with Gasteiger partial charge in [-0.25, -0.2) is 0 Å². The van der Waals surface area contributed by atoms with E-state index in [-0.39, 0.29) is 17.4 Å². The lowest BCUT2D eigenvalue weighted by atomic mass is 10.1. The minimum absolute atomic E-state index is 0.0421. The molecule has 0 atom stereocenters. The van der Waals surface area contributed by atoms with E-state index in [0.29, 0.717) is 43.2 Å². The predicted molar refractivity (Wildman–Crippen MR) is 122 cm³/mol. The lowest BCUT2D eigenvalue weighted by Gasteiger charge is -2.14. The van der Waals surface area contributed by atoms with Crippen LogP contribution in [0.5, 0.6) is 23.0 Å². The first kappa shape index (κ1) is 24.8. The Hall–Kier alpha value is -3.88. The maximum Gasteiger partial charge on any atom is 0.387 e. The number of carbonyl (C=O) groups is 1. The third kappa shape index (κ3) is 7.06. The van der Waals surface area contributed by atoms with E-state index in [0.717, 1.165) is 11.1 Å². The molecule has 1 amide bonds. The third-order valence-corrected chi connectivity index (χ3v) is 4.77. The molecule has 1 aromatic heterocycles. The van der Waals surface area contributed by atoms with Crippen LogP contribution in [0, 0.1) is 0 Å². The number of hydrogen-bond acceptors (Lipinski definition) is 6. The van der Waals surface area contributed by atoms with Crippen LogP contribution in [0.3, 0.4) is 0 Å². The van der Waals surface area contributed by atoms with Crippen LogP contribution in [0.15, 0.2) is 60.9 Å². The maximum atomic E-state index is 12.6. The Balaban J connectivity index is 1.59. The van der Waals surface area contributed by atoms with Gasteiger partial charge >= 0.3 is 6.61 Å². The van der Waals surface area contributed by atoms with E-state index in [2.05, 4.69) is 15.0 Å². The first-order valence-electron chi connectivity index (χ1n) is 10.7. The highest BCUT2D eigenvalue weighted by Crippen LogP contribution is 2.30. The number of nitrogens with one attached hydrogen (secondary N) is 1. The molecule has 3 aromatic rings. The average molecular weight is 472 g/mol. The summed E-state index contributed by atoms with van der Waals surface area (Å²) in [5.74, 6) is 0.884. The number of amides is 1. The minimum atomic E-state index is -2.94. The van der Waals surface area contributed by atoms with Crippen LogP contribution < -0.4 is 24.3 Å². The van der Waals surface area contributed by atoms with Gasteiger partial charge in [-0.05, 0) is 55.3 Å². The molecule has 1 N–H and O–H groups in total. The summed E-state index contributed by atoms with van der Waals surface area (Å²) in [6, 6.07) is 13.4. The van der Waals surface area contributed by atoms with Crippen LogP contribution in [0.1, 0.15) is 28.4 Å². The fourth-order valence-electron chi connectivity index (χ4n) is 3.16. The summed E-state index contributed by atoms with van der Waals surface area (Å²) in [4.78, 5) is 16.7. The first-order chi connectivity index (χ1) is 16.5. The Bertz CT molecular complexity index is 1080. The van der Waals surface area contributed by atoms with E-state index in [1.165, 1.54) is 13.2 Å². The number of benzene rings is 2. The van der Waals surface area contributed by atoms with Crippen molar-refractivity contribution in [2.75, 3.05) is 20.3 Å². The zero-order chi connectivity index (χ0) is 24.3. The van der Waals surface area contributed by atoms with Crippen molar-refractivity contribution in [3.05, 3.63) is 77.6 Å². The monoisotopic (exact) mass is 472 g/mol. The standard InChI is InChI=1S/C25H26F2N2O5/c1-3-32-23-14-19(7-9-20(23)33-16-18-5-4-11-28-15-18)24(30)29-12-10-17-6-8-21(34-25(26)27)22(13-17)31-2/h4-9,11,13-15,25H,3,10,12,16H2,1-2H3,(H,29,30). The van der Waals surface area contributed by atoms with Crippen molar-refractivity contribution in [1.82, 2.24) is 10.3 Å². The Morgan fingerprint density at radius 3 is 2.53 bits per heavy atom. The number of pyridine rings is 1. The number of alkyl halides is 2. The van der Waals surface area contributed by atoms with Crippen molar-refractivity contribution in [2.45, 2.75) is 26.6 Å². The smallest absolute Gasteiger partial charge is 0.387 e. The summed E-state index contributed by atoms with van der Waals surface area (Å²) in [6.07, 6.45) is 3.88. The first-order valence-corrected chi connectivity index (χ1v) is 10.7. The third-order valence-electron chi connectivity index (χ3n) is 4.77. The second-order valence-electron chi connectivity index (χ2n) is 7.11. The van der Waals surface area contributed by atoms with Crippen LogP contribution in [0.2, 0.25) is 0 Å². The van der Waals surface area contributed by atoms with E-state index < -0.39 is 6.61 Å². The largest absolute Gasteiger partial charge is 0.493 e. The molecule has 1 heterocycles. The molecule has 0 saturated carbocycles. The molecule has 0 aliphatic rings. The van der Waals surface area contributed by atoms with Gasteiger partial charge in [0.1, 0.15) is 6.61 Å². The number of methoxy groups -OCH3 is 1. The van der Waals surface area contributed by atoms with Gasteiger partial charge in [0.2, 0.25) is 0 Å². The number of halogens is 2. The summed E-state index contributed by atoms with van der Waals surface area (Å²) in [6.45, 7) is -0.0114. The summed E-state index contributed by atoms with van der Waals surface area (Å²) in [5, 5.41) is 2.84. The number of carbonyl (C=O) groups excluding carboxylic acids is 1. The van der Waals surface area contributed by atoms with Gasteiger partial charge in [0.25, 0.3) is 5.91 Å². The molecular formula is C25H26F2N2O5. The number of hydrogen-bond donors (Lipinski definition) is 1. The summed E-state index contributed by atoms with van der Waals surface area (Å²) < 4.78 is 46.0. The molecule has 180 valence electrons. The van der Waals surface area contributed by atoms with Crippen molar-refractivity contribution in [3.8, 4) is 23.0 Å². The summed E-state index contributed by atoms with van der Waals surface area (Å²) in [5.41, 5.74) is 2.14. The molecule has 34 heavy (non-hydrogen) atoms. The molecule has 0 saturated heterocycles. The summed E-state index contributed by atoms with van der Waals surface area (Å²) in [7, 11) is 1.37. The van der Waals surface area contributed by atoms with Gasteiger partial charge in [-0.3, -0.25) is 9.78 Å². The number of rotatable bonds is 12. The second-order valence-corrected chi connectivity index (χ2v) is 7.11. The van der Waals surface area contributed by atoms with Crippen molar-refractivity contribution < 1.29 is 32.5 Å². The highest BCUT2D eigenvalue weighted by atomic mass is 19.3. The topological polar surface area (TPSA) is 78.9 Å². The van der Waals surface area contributed by atoms with E-state index >= 15 is 0 Å². The van der Waals surface area contributed by atoms with E-state index in [4.69, 9.17) is 14.2 Å². The van der Waals surface area contributed by atoms with Gasteiger partial charge in [-0.2, -0.15) is 8.78 Å². The molecule has 0 aliphatic heterocycles. The minimum Gasteiger partial charge on any atom is -0.493 e. The van der Waals surface area contributed by atoms with Crippen molar-refractivity contribution >= 4 is 5.91 Å². The van der Waals surface area contributed by atoms with Crippen LogP contribution in [-0.2, 0) is 13.0 Å². The van der Waals surface area contributed by atoms with E-state index in [9.17, 15) is 13.6 Å². The van der Waals surface area contributed by atoms with Crippen molar-refractivity contribution in [3.63, 3.8) is 0 Å². The molecule has 2 aromatic carbocycles. The molecule has 9 heteroatoms. The lowest BCUT2D eigenvalue weighted by molar-refractivity contribution is -0.0512. The van der Waals surface area contributed by atoms with Gasteiger partial charge < -0.3 is 24.3 Å². The quantitative estimate of drug-likeness (QED) is 0.414. The predicted octanol–water partition coefficient (Wildman–Crippen LogP) is 4.64. The Morgan fingerprint density at radius 1 is 1.00 bits per heavy atom. The molecule has 0 spiro atoms. The van der Waals surface area contributed by atoms with Crippen LogP contribution in [0.25, 0.3) is 0 Å². The maximum absolute atomic E-state index is 12.6. The van der Waals surface area contributed by atoms with Crippen LogP contribution >= 0.6 is 0 Å². The lowest BCUT2D eigenvalue weighted by Crippen LogP contribution is -2.25. The SMILES string of the molecule is CCOc1cc(C(=O)NCCc2ccc(OC(F)F)c(OC)c2)ccc1OCc1cccnc1. The molecule has 0 aliphatic carbocycles. The van der Waals surface area contributed by atoms with Crippen LogP contribution in [0.4, 0.5) is 8.78 Å². The summed E-state index contributed by atoms with van der Waals surface area (Å²) >= 11 is 0. The van der Waals surface area contributed by atoms with E-state index in [1.54, 1.807) is 42.7 Å². The fourth-order valence-corrected chi connectivity index (χ4v) is 3.16. The fraction of sp³-hybridized carbons (Fsp3) is 0.280. The zero-order valence-electron chi connectivity index (χ0n) is 18.9.